The van der Waals surface area contributed by atoms with Gasteiger partial charge in [0.15, 0.2) is 0 Å². The number of imidazole rings is 1. The molecule has 1 aliphatic rings. The number of aromatic nitrogens is 2. The molecule has 5 rings (SSSR count). The van der Waals surface area contributed by atoms with Crippen LogP contribution in [-0.4, -0.2) is 45.5 Å². The highest BCUT2D eigenvalue weighted by Gasteiger charge is 2.19. The Bertz CT molecular complexity index is 1290. The van der Waals surface area contributed by atoms with Crippen molar-refractivity contribution in [2.75, 3.05) is 26.2 Å². The highest BCUT2D eigenvalue weighted by atomic mass is 79.9. The lowest BCUT2D eigenvalue weighted by atomic mass is 10.2. The molecule has 0 spiro atoms. The van der Waals surface area contributed by atoms with Crippen molar-refractivity contribution in [3.05, 3.63) is 99.0 Å². The Kier molecular flexibility index (Phi) is 7.30. The molecule has 0 radical (unpaired) electrons. The van der Waals surface area contributed by atoms with Crippen LogP contribution in [0.15, 0.2) is 71.2 Å². The van der Waals surface area contributed by atoms with E-state index >= 15 is 0 Å². The quantitative estimate of drug-likeness (QED) is 0.284. The minimum Gasteiger partial charge on any atom is -0.322 e. The molecule has 34 heavy (non-hydrogen) atoms. The lowest BCUT2D eigenvalue weighted by Gasteiger charge is -2.22. The molecule has 1 saturated heterocycles. The van der Waals surface area contributed by atoms with Crippen molar-refractivity contribution >= 4 is 38.6 Å². The number of hydrogen-bond acceptors (Lipinski definition) is 3. The maximum Gasteiger partial charge on any atom is 0.127 e. The largest absolute Gasteiger partial charge is 0.322 e. The fourth-order valence-electron chi connectivity index (χ4n) is 4.69. The van der Waals surface area contributed by atoms with Gasteiger partial charge in [-0.15, -0.1) is 0 Å². The summed E-state index contributed by atoms with van der Waals surface area (Å²) in [7, 11) is 0. The first-order chi connectivity index (χ1) is 16.5. The first kappa shape index (κ1) is 23.5. The number of fused-ring (bicyclic) bond motifs is 1. The van der Waals surface area contributed by atoms with Crippen LogP contribution in [0.4, 0.5) is 4.39 Å². The molecule has 1 aromatic heterocycles. The fourth-order valence-corrected chi connectivity index (χ4v) is 5.31. The molecular weight excluding hydrogens is 515 g/mol. The van der Waals surface area contributed by atoms with E-state index in [9.17, 15) is 4.39 Å². The number of para-hydroxylation sites is 2. The van der Waals surface area contributed by atoms with E-state index in [0.29, 0.717) is 6.54 Å². The zero-order chi connectivity index (χ0) is 23.5. The zero-order valence-corrected chi connectivity index (χ0v) is 21.3. The van der Waals surface area contributed by atoms with Gasteiger partial charge in [-0.25, -0.2) is 9.37 Å². The molecule has 0 bridgehead atoms. The third-order valence-electron chi connectivity index (χ3n) is 6.41. The van der Waals surface area contributed by atoms with Crippen LogP contribution in [0.1, 0.15) is 23.4 Å². The summed E-state index contributed by atoms with van der Waals surface area (Å²) in [5.41, 5.74) is 4.06. The van der Waals surface area contributed by atoms with Crippen LogP contribution in [0.5, 0.6) is 0 Å². The Morgan fingerprint density at radius 3 is 2.47 bits per heavy atom. The molecule has 1 aliphatic heterocycles. The minimum absolute atomic E-state index is 0.140. The standard InChI is InChI=1S/C27H27BrClFN4/c28-22-9-10-24(30)21(16-22)18-32-11-4-12-33(14-13-32)19-27-31-25-7-1-2-8-26(25)34(27)17-20-5-3-6-23(29)15-20/h1-3,5-10,15-16H,4,11-14,17-19H2. The Balaban J connectivity index is 1.32. The summed E-state index contributed by atoms with van der Waals surface area (Å²) < 4.78 is 17.5. The SMILES string of the molecule is Fc1ccc(Br)cc1CN1CCCN(Cc2nc3ccccc3n2Cc2cccc(Cl)c2)CC1. The third kappa shape index (κ3) is 5.52. The van der Waals surface area contributed by atoms with E-state index in [0.717, 1.165) is 83.2 Å². The normalized spacial score (nSPS) is 15.6. The number of nitrogens with zero attached hydrogens (tertiary/aromatic N) is 4. The van der Waals surface area contributed by atoms with Crippen molar-refractivity contribution in [1.82, 2.24) is 19.4 Å². The highest BCUT2D eigenvalue weighted by Crippen LogP contribution is 2.22. The van der Waals surface area contributed by atoms with Gasteiger partial charge < -0.3 is 4.57 Å². The summed E-state index contributed by atoms with van der Waals surface area (Å²) >= 11 is 9.70. The number of hydrogen-bond donors (Lipinski definition) is 0. The van der Waals surface area contributed by atoms with E-state index in [1.165, 1.54) is 6.07 Å². The molecule has 4 nitrogen and oxygen atoms in total. The predicted molar refractivity (Wildman–Crippen MR) is 140 cm³/mol. The van der Waals surface area contributed by atoms with E-state index in [1.807, 2.05) is 30.3 Å². The first-order valence-electron chi connectivity index (χ1n) is 11.6. The summed E-state index contributed by atoms with van der Waals surface area (Å²) in [5.74, 6) is 0.923. The first-order valence-corrected chi connectivity index (χ1v) is 12.8. The topological polar surface area (TPSA) is 24.3 Å². The summed E-state index contributed by atoms with van der Waals surface area (Å²) in [5, 5.41) is 0.748. The smallest absolute Gasteiger partial charge is 0.127 e. The third-order valence-corrected chi connectivity index (χ3v) is 7.14. The van der Waals surface area contributed by atoms with Crippen molar-refractivity contribution in [2.45, 2.75) is 26.1 Å². The van der Waals surface area contributed by atoms with E-state index in [2.05, 4.69) is 54.6 Å². The van der Waals surface area contributed by atoms with Gasteiger partial charge in [0.25, 0.3) is 0 Å². The van der Waals surface area contributed by atoms with Crippen LogP contribution in [-0.2, 0) is 19.6 Å². The van der Waals surface area contributed by atoms with Crippen molar-refractivity contribution < 1.29 is 4.39 Å². The predicted octanol–water partition coefficient (Wildman–Crippen LogP) is 6.35. The molecule has 176 valence electrons. The summed E-state index contributed by atoms with van der Waals surface area (Å²) in [6.07, 6.45) is 1.05. The summed E-state index contributed by atoms with van der Waals surface area (Å²) in [6.45, 7) is 5.94. The lowest BCUT2D eigenvalue weighted by molar-refractivity contribution is 0.240. The van der Waals surface area contributed by atoms with Gasteiger partial charge in [0.05, 0.1) is 17.6 Å². The zero-order valence-electron chi connectivity index (χ0n) is 18.9. The molecule has 0 amide bonds. The Labute approximate surface area is 213 Å². The summed E-state index contributed by atoms with van der Waals surface area (Å²) in [4.78, 5) is 9.80. The summed E-state index contributed by atoms with van der Waals surface area (Å²) in [6, 6.07) is 21.5. The molecule has 2 heterocycles. The molecule has 7 heteroatoms. The van der Waals surface area contributed by atoms with Gasteiger partial charge in [0, 0.05) is 41.2 Å². The van der Waals surface area contributed by atoms with Gasteiger partial charge in [-0.2, -0.15) is 0 Å². The average molecular weight is 542 g/mol. The van der Waals surface area contributed by atoms with Crippen molar-refractivity contribution in [1.29, 1.82) is 0 Å². The van der Waals surface area contributed by atoms with Crippen LogP contribution in [0.2, 0.25) is 5.02 Å². The van der Waals surface area contributed by atoms with Crippen LogP contribution in [0.3, 0.4) is 0 Å². The monoisotopic (exact) mass is 540 g/mol. The second-order valence-corrected chi connectivity index (χ2v) is 10.2. The Morgan fingerprint density at radius 1 is 0.853 bits per heavy atom. The molecule has 4 aromatic rings. The molecule has 3 aromatic carbocycles. The minimum atomic E-state index is -0.140. The van der Waals surface area contributed by atoms with Crippen molar-refractivity contribution in [3.63, 3.8) is 0 Å². The molecule has 0 aliphatic carbocycles. The number of benzene rings is 3. The van der Waals surface area contributed by atoms with Crippen LogP contribution in [0.25, 0.3) is 11.0 Å². The van der Waals surface area contributed by atoms with Crippen LogP contribution < -0.4 is 0 Å². The maximum absolute atomic E-state index is 14.3. The van der Waals surface area contributed by atoms with E-state index in [4.69, 9.17) is 16.6 Å². The van der Waals surface area contributed by atoms with Gasteiger partial charge in [0.2, 0.25) is 0 Å². The highest BCUT2D eigenvalue weighted by molar-refractivity contribution is 9.10. The van der Waals surface area contributed by atoms with E-state index < -0.39 is 0 Å². The Morgan fingerprint density at radius 2 is 1.65 bits per heavy atom. The molecule has 1 fully saturated rings. The van der Waals surface area contributed by atoms with Crippen LogP contribution >= 0.6 is 27.5 Å². The van der Waals surface area contributed by atoms with E-state index in [1.54, 1.807) is 6.07 Å². The second-order valence-electron chi connectivity index (χ2n) is 8.87. The van der Waals surface area contributed by atoms with Gasteiger partial charge >= 0.3 is 0 Å². The number of halogens is 3. The maximum atomic E-state index is 14.3. The Hall–Kier alpha value is -2.25. The van der Waals surface area contributed by atoms with Gasteiger partial charge in [-0.05, 0) is 67.5 Å². The lowest BCUT2D eigenvalue weighted by Crippen LogP contribution is -2.31. The van der Waals surface area contributed by atoms with Gasteiger partial charge in [-0.1, -0.05) is 51.8 Å². The van der Waals surface area contributed by atoms with Crippen molar-refractivity contribution in [2.24, 2.45) is 0 Å². The molecule has 0 unspecified atom stereocenters. The second kappa shape index (κ2) is 10.6. The molecular formula is C27H27BrClFN4. The van der Waals surface area contributed by atoms with Gasteiger partial charge in [0.1, 0.15) is 11.6 Å². The number of rotatable bonds is 6. The molecule has 0 saturated carbocycles. The van der Waals surface area contributed by atoms with E-state index in [-0.39, 0.29) is 5.82 Å². The average Bonchev–Trinajstić information content (AvgIpc) is 3.00. The fraction of sp³-hybridized carbons (Fsp3) is 0.296. The van der Waals surface area contributed by atoms with Crippen LogP contribution in [0, 0.1) is 5.82 Å². The van der Waals surface area contributed by atoms with Gasteiger partial charge in [-0.3, -0.25) is 9.80 Å². The van der Waals surface area contributed by atoms with Crippen molar-refractivity contribution in [3.8, 4) is 0 Å². The molecule has 0 atom stereocenters. The molecule has 0 N–H and O–H groups in total.